The Morgan fingerprint density at radius 2 is 2.00 bits per heavy atom. The summed E-state index contributed by atoms with van der Waals surface area (Å²) < 4.78 is 0. The van der Waals surface area contributed by atoms with Crippen molar-refractivity contribution in [2.75, 3.05) is 6.54 Å². The van der Waals surface area contributed by atoms with Crippen molar-refractivity contribution < 1.29 is 9.59 Å². The Balaban J connectivity index is 1.51. The minimum absolute atomic E-state index is 0.0390. The number of carbonyl (C=O) groups is 2. The maximum atomic E-state index is 12.0. The van der Waals surface area contributed by atoms with E-state index in [1.165, 1.54) is 0 Å². The first-order valence-electron chi connectivity index (χ1n) is 6.95. The van der Waals surface area contributed by atoms with E-state index in [0.717, 1.165) is 18.4 Å². The molecule has 1 saturated carbocycles. The van der Waals surface area contributed by atoms with Gasteiger partial charge in [0.15, 0.2) is 0 Å². The van der Waals surface area contributed by atoms with E-state index < -0.39 is 0 Å². The van der Waals surface area contributed by atoms with Crippen LogP contribution in [0.3, 0.4) is 0 Å². The zero-order valence-corrected chi connectivity index (χ0v) is 11.9. The maximum absolute atomic E-state index is 12.0. The monoisotopic (exact) mass is 292 g/mol. The summed E-state index contributed by atoms with van der Waals surface area (Å²) in [5.41, 5.74) is 0.926. The Labute approximate surface area is 123 Å². The van der Waals surface area contributed by atoms with Gasteiger partial charge in [0.2, 0.25) is 11.8 Å². The number of halogens is 1. The second-order valence-corrected chi connectivity index (χ2v) is 5.99. The number of nitrogens with zero attached hydrogens (tertiary/aromatic N) is 1. The SMILES string of the molecule is O=C(Cc1ccc(Cl)cc1)NC1CC(=O)N(C2CC2)C1. The Hall–Kier alpha value is -1.55. The number of nitrogens with one attached hydrogen (secondary N) is 1. The highest BCUT2D eigenvalue weighted by atomic mass is 35.5. The van der Waals surface area contributed by atoms with Crippen LogP contribution < -0.4 is 5.32 Å². The third-order valence-corrected chi connectivity index (χ3v) is 4.04. The molecular formula is C15H17ClN2O2. The lowest BCUT2D eigenvalue weighted by atomic mass is 10.1. The summed E-state index contributed by atoms with van der Waals surface area (Å²) in [6, 6.07) is 7.63. The van der Waals surface area contributed by atoms with Gasteiger partial charge in [-0.3, -0.25) is 9.59 Å². The number of hydrogen-bond acceptors (Lipinski definition) is 2. The fourth-order valence-electron chi connectivity index (χ4n) is 2.63. The fourth-order valence-corrected chi connectivity index (χ4v) is 2.76. The molecule has 3 rings (SSSR count). The molecule has 20 heavy (non-hydrogen) atoms. The molecule has 1 unspecified atom stereocenters. The molecule has 1 atom stereocenters. The van der Waals surface area contributed by atoms with Crippen molar-refractivity contribution in [3.63, 3.8) is 0 Å². The van der Waals surface area contributed by atoms with Crippen molar-refractivity contribution >= 4 is 23.4 Å². The van der Waals surface area contributed by atoms with Gasteiger partial charge < -0.3 is 10.2 Å². The lowest BCUT2D eigenvalue weighted by Crippen LogP contribution is -2.38. The molecule has 1 aromatic rings. The Morgan fingerprint density at radius 3 is 2.65 bits per heavy atom. The molecule has 0 aromatic heterocycles. The molecule has 4 nitrogen and oxygen atoms in total. The summed E-state index contributed by atoms with van der Waals surface area (Å²) >= 11 is 5.81. The minimum atomic E-state index is -0.0391. The first-order chi connectivity index (χ1) is 9.61. The molecule has 2 amide bonds. The Morgan fingerprint density at radius 1 is 1.30 bits per heavy atom. The van der Waals surface area contributed by atoms with Crippen LogP contribution >= 0.6 is 11.6 Å². The van der Waals surface area contributed by atoms with Gasteiger partial charge in [-0.1, -0.05) is 23.7 Å². The van der Waals surface area contributed by atoms with Gasteiger partial charge in [0.1, 0.15) is 0 Å². The standard InChI is InChI=1S/C15H17ClN2O2/c16-11-3-1-10(2-4-11)7-14(19)17-12-8-15(20)18(9-12)13-5-6-13/h1-4,12-13H,5-9H2,(H,17,19). The maximum Gasteiger partial charge on any atom is 0.225 e. The van der Waals surface area contributed by atoms with Crippen LogP contribution in [0.15, 0.2) is 24.3 Å². The van der Waals surface area contributed by atoms with Crippen molar-refractivity contribution in [3.05, 3.63) is 34.9 Å². The largest absolute Gasteiger partial charge is 0.351 e. The molecular weight excluding hydrogens is 276 g/mol. The van der Waals surface area contributed by atoms with Gasteiger partial charge in [0.25, 0.3) is 0 Å². The average molecular weight is 293 g/mol. The third-order valence-electron chi connectivity index (χ3n) is 3.79. The lowest BCUT2D eigenvalue weighted by molar-refractivity contribution is -0.128. The summed E-state index contributed by atoms with van der Waals surface area (Å²) in [7, 11) is 0. The second kappa shape index (κ2) is 5.44. The van der Waals surface area contributed by atoms with Gasteiger partial charge in [-0.15, -0.1) is 0 Å². The van der Waals surface area contributed by atoms with Gasteiger partial charge in [-0.2, -0.15) is 0 Å². The summed E-state index contributed by atoms with van der Waals surface area (Å²) in [5, 5.41) is 3.61. The molecule has 0 bridgehead atoms. The highest BCUT2D eigenvalue weighted by Gasteiger charge is 2.39. The van der Waals surface area contributed by atoms with E-state index in [4.69, 9.17) is 11.6 Å². The highest BCUT2D eigenvalue weighted by Crippen LogP contribution is 2.30. The Kier molecular flexibility index (Phi) is 3.66. The van der Waals surface area contributed by atoms with E-state index >= 15 is 0 Å². The van der Waals surface area contributed by atoms with Crippen LogP contribution in [0.2, 0.25) is 5.02 Å². The van der Waals surface area contributed by atoms with Gasteiger partial charge in [0, 0.05) is 24.0 Å². The smallest absolute Gasteiger partial charge is 0.225 e. The summed E-state index contributed by atoms with van der Waals surface area (Å²) in [6.07, 6.45) is 2.97. The molecule has 1 N–H and O–H groups in total. The Bertz CT molecular complexity index is 525. The number of rotatable bonds is 4. The van der Waals surface area contributed by atoms with Gasteiger partial charge in [-0.05, 0) is 30.5 Å². The van der Waals surface area contributed by atoms with Crippen LogP contribution in [0.1, 0.15) is 24.8 Å². The van der Waals surface area contributed by atoms with Crippen LogP contribution in [0, 0.1) is 0 Å². The molecule has 2 aliphatic rings. The topological polar surface area (TPSA) is 49.4 Å². The lowest BCUT2D eigenvalue weighted by Gasteiger charge is -2.16. The van der Waals surface area contributed by atoms with E-state index in [2.05, 4.69) is 5.32 Å². The van der Waals surface area contributed by atoms with Crippen molar-refractivity contribution in [2.45, 2.75) is 37.8 Å². The summed E-state index contributed by atoms with van der Waals surface area (Å²) in [6.45, 7) is 0.663. The van der Waals surface area contributed by atoms with Crippen molar-refractivity contribution in [2.24, 2.45) is 0 Å². The van der Waals surface area contributed by atoms with Crippen molar-refractivity contribution in [3.8, 4) is 0 Å². The van der Waals surface area contributed by atoms with Crippen molar-refractivity contribution in [1.29, 1.82) is 0 Å². The first kappa shape index (κ1) is 13.4. The number of carbonyl (C=O) groups excluding carboxylic acids is 2. The van der Waals surface area contributed by atoms with Crippen LogP contribution in [0.5, 0.6) is 0 Å². The van der Waals surface area contributed by atoms with Gasteiger partial charge >= 0.3 is 0 Å². The highest BCUT2D eigenvalue weighted by molar-refractivity contribution is 6.30. The van der Waals surface area contributed by atoms with E-state index in [9.17, 15) is 9.59 Å². The van der Waals surface area contributed by atoms with Crippen LogP contribution in [-0.2, 0) is 16.0 Å². The zero-order chi connectivity index (χ0) is 14.1. The molecule has 1 aliphatic carbocycles. The van der Waals surface area contributed by atoms with Gasteiger partial charge in [-0.25, -0.2) is 0 Å². The summed E-state index contributed by atoms with van der Waals surface area (Å²) in [4.78, 5) is 25.7. The van der Waals surface area contributed by atoms with Crippen LogP contribution in [0.25, 0.3) is 0 Å². The molecule has 1 saturated heterocycles. The molecule has 2 fully saturated rings. The molecule has 5 heteroatoms. The number of hydrogen-bond donors (Lipinski definition) is 1. The molecule has 0 spiro atoms. The molecule has 106 valence electrons. The first-order valence-corrected chi connectivity index (χ1v) is 7.33. The van der Waals surface area contributed by atoms with Crippen LogP contribution in [0.4, 0.5) is 0 Å². The summed E-state index contributed by atoms with van der Waals surface area (Å²) in [5.74, 6) is 0.132. The van der Waals surface area contributed by atoms with Crippen LogP contribution in [-0.4, -0.2) is 35.3 Å². The number of benzene rings is 1. The predicted molar refractivity (Wildman–Crippen MR) is 76.4 cm³/mol. The predicted octanol–water partition coefficient (Wildman–Crippen LogP) is 1.76. The molecule has 0 radical (unpaired) electrons. The molecule has 1 aliphatic heterocycles. The van der Waals surface area contributed by atoms with Crippen molar-refractivity contribution in [1.82, 2.24) is 10.2 Å². The zero-order valence-electron chi connectivity index (χ0n) is 11.1. The molecule has 1 heterocycles. The molecule has 1 aromatic carbocycles. The fraction of sp³-hybridized carbons (Fsp3) is 0.467. The number of amides is 2. The minimum Gasteiger partial charge on any atom is -0.351 e. The average Bonchev–Trinajstić information content (AvgIpc) is 3.17. The van der Waals surface area contributed by atoms with E-state index in [-0.39, 0.29) is 17.9 Å². The quantitative estimate of drug-likeness (QED) is 0.919. The normalized spacial score (nSPS) is 22.1. The van der Waals surface area contributed by atoms with Gasteiger partial charge in [0.05, 0.1) is 12.5 Å². The van der Waals surface area contributed by atoms with E-state index in [1.54, 1.807) is 12.1 Å². The third kappa shape index (κ3) is 3.12. The van der Waals surface area contributed by atoms with E-state index in [1.807, 2.05) is 17.0 Å². The number of likely N-dealkylation sites (tertiary alicyclic amines) is 1. The van der Waals surface area contributed by atoms with E-state index in [0.29, 0.717) is 30.5 Å². The second-order valence-electron chi connectivity index (χ2n) is 5.55.